The molecule has 0 aliphatic heterocycles. The molecule has 2 amide bonds. The minimum absolute atomic E-state index is 0.0396. The van der Waals surface area contributed by atoms with E-state index in [1.165, 1.54) is 41.3 Å². The summed E-state index contributed by atoms with van der Waals surface area (Å²) in [7, 11) is 3.13. The number of ether oxygens (including phenoxy) is 3. The predicted octanol–water partition coefficient (Wildman–Crippen LogP) is 7.36. The average molecular weight is 719 g/mol. The fourth-order valence-electron chi connectivity index (χ4n) is 5.02. The van der Waals surface area contributed by atoms with Crippen LogP contribution in [0.1, 0.15) is 68.9 Å². The Labute approximate surface area is 298 Å². The quantitative estimate of drug-likeness (QED) is 0.112. The van der Waals surface area contributed by atoms with Crippen molar-refractivity contribution < 1.29 is 51.4 Å². The molecule has 4 rings (SSSR count). The fourth-order valence-corrected chi connectivity index (χ4v) is 5.02. The first-order valence-corrected chi connectivity index (χ1v) is 16.2. The van der Waals surface area contributed by atoms with Crippen LogP contribution in [0.25, 0.3) is 11.1 Å². The van der Waals surface area contributed by atoms with Crippen LogP contribution in [0.3, 0.4) is 0 Å². The van der Waals surface area contributed by atoms with Gasteiger partial charge in [-0.15, -0.1) is 0 Å². The van der Waals surface area contributed by atoms with Gasteiger partial charge in [0, 0.05) is 26.1 Å². The molecule has 0 heterocycles. The van der Waals surface area contributed by atoms with Crippen molar-refractivity contribution in [1.82, 2.24) is 4.90 Å². The second-order valence-corrected chi connectivity index (χ2v) is 12.1. The van der Waals surface area contributed by atoms with E-state index in [4.69, 9.17) is 14.2 Å². The van der Waals surface area contributed by atoms with Crippen molar-refractivity contribution in [3.05, 3.63) is 119 Å². The molecule has 10 nitrogen and oxygen atoms in total. The van der Waals surface area contributed by atoms with Crippen molar-refractivity contribution in [2.45, 2.75) is 45.4 Å². The molecule has 1 N–H and O–H groups in total. The van der Waals surface area contributed by atoms with E-state index in [1.807, 2.05) is 0 Å². The monoisotopic (exact) mass is 718 g/mol. The summed E-state index contributed by atoms with van der Waals surface area (Å²) in [5.41, 5.74) is 1.54. The van der Waals surface area contributed by atoms with Crippen molar-refractivity contribution in [3.63, 3.8) is 0 Å². The molecule has 0 aliphatic carbocycles. The normalized spacial score (nSPS) is 11.1. The van der Waals surface area contributed by atoms with E-state index >= 15 is 0 Å². The van der Waals surface area contributed by atoms with E-state index in [-0.39, 0.29) is 46.6 Å². The van der Waals surface area contributed by atoms with Crippen molar-refractivity contribution in [1.29, 1.82) is 0 Å². The number of hydrogen-bond acceptors (Lipinski definition) is 8. The second-order valence-electron chi connectivity index (χ2n) is 12.1. The van der Waals surface area contributed by atoms with Crippen LogP contribution in [-0.2, 0) is 31.7 Å². The molecule has 0 spiro atoms. The Morgan fingerprint density at radius 1 is 0.808 bits per heavy atom. The molecular formula is C39H37F3N2O8. The van der Waals surface area contributed by atoms with E-state index in [2.05, 4.69) is 5.32 Å². The lowest BCUT2D eigenvalue weighted by atomic mass is 9.97. The molecule has 0 atom stereocenters. The number of hydrogen-bond donors (Lipinski definition) is 1. The first-order valence-electron chi connectivity index (χ1n) is 16.2. The molecule has 272 valence electrons. The summed E-state index contributed by atoms with van der Waals surface area (Å²) in [5, 5.41) is 2.78. The predicted molar refractivity (Wildman–Crippen MR) is 186 cm³/mol. The van der Waals surface area contributed by atoms with Gasteiger partial charge in [-0.05, 0) is 98.0 Å². The highest BCUT2D eigenvalue weighted by molar-refractivity contribution is 6.11. The third kappa shape index (κ3) is 10.8. The number of aryl methyl sites for hydroxylation is 1. The number of carbonyl (C=O) groups is 5. The second kappa shape index (κ2) is 17.3. The summed E-state index contributed by atoms with van der Waals surface area (Å²) < 4.78 is 54.5. The third-order valence-corrected chi connectivity index (χ3v) is 7.52. The van der Waals surface area contributed by atoms with Gasteiger partial charge < -0.3 is 24.4 Å². The number of amides is 2. The molecular weight excluding hydrogens is 681 g/mol. The molecule has 0 unspecified atom stereocenters. The average Bonchev–Trinajstić information content (AvgIpc) is 3.10. The summed E-state index contributed by atoms with van der Waals surface area (Å²) in [4.78, 5) is 64.3. The van der Waals surface area contributed by atoms with E-state index in [0.29, 0.717) is 24.0 Å². The first kappa shape index (κ1) is 38.8. The highest BCUT2D eigenvalue weighted by Crippen LogP contribution is 2.32. The van der Waals surface area contributed by atoms with Gasteiger partial charge in [-0.3, -0.25) is 14.4 Å². The number of nitrogens with zero attached hydrogens (tertiary/aromatic N) is 1. The molecule has 0 saturated heterocycles. The highest BCUT2D eigenvalue weighted by atomic mass is 19.4. The number of nitrogens with one attached hydrogen (secondary N) is 1. The Morgan fingerprint density at radius 3 is 2.12 bits per heavy atom. The summed E-state index contributed by atoms with van der Waals surface area (Å²) in [6, 6.07) is 21.5. The molecule has 0 fully saturated rings. The van der Waals surface area contributed by atoms with E-state index in [0.717, 1.165) is 17.7 Å². The SMILES string of the molecule is CC(C)OC(=O)COC(=O)c1ccc(OC(=O)CCCc2ccc(NC(=O)c3ccccc3-c3ccc(C(F)(F)F)cc3)c(C(=O)N(C)C)c2)cc1. The molecule has 0 aromatic heterocycles. The van der Waals surface area contributed by atoms with Gasteiger partial charge in [0.05, 0.1) is 28.5 Å². The van der Waals surface area contributed by atoms with Crippen molar-refractivity contribution in [2.24, 2.45) is 0 Å². The maximum atomic E-state index is 13.5. The number of anilines is 1. The fraction of sp³-hybridized carbons (Fsp3) is 0.256. The lowest BCUT2D eigenvalue weighted by molar-refractivity contribution is -0.151. The van der Waals surface area contributed by atoms with Crippen LogP contribution >= 0.6 is 0 Å². The third-order valence-electron chi connectivity index (χ3n) is 7.52. The van der Waals surface area contributed by atoms with E-state index in [1.54, 1.807) is 70.4 Å². The summed E-state index contributed by atoms with van der Waals surface area (Å²) >= 11 is 0. The van der Waals surface area contributed by atoms with Crippen LogP contribution in [0.5, 0.6) is 5.75 Å². The lowest BCUT2D eigenvalue weighted by Crippen LogP contribution is -2.24. The van der Waals surface area contributed by atoms with E-state index < -0.39 is 42.2 Å². The van der Waals surface area contributed by atoms with Gasteiger partial charge in [0.2, 0.25) is 0 Å². The Kier molecular flexibility index (Phi) is 12.9. The maximum Gasteiger partial charge on any atom is 0.416 e. The molecule has 0 radical (unpaired) electrons. The molecule has 0 bridgehead atoms. The van der Waals surface area contributed by atoms with Crippen molar-refractivity contribution in [2.75, 3.05) is 26.0 Å². The Balaban J connectivity index is 1.37. The zero-order valence-electron chi connectivity index (χ0n) is 28.9. The minimum atomic E-state index is -4.50. The lowest BCUT2D eigenvalue weighted by Gasteiger charge is -2.17. The van der Waals surface area contributed by atoms with Gasteiger partial charge in [0.1, 0.15) is 5.75 Å². The molecule has 4 aromatic rings. The van der Waals surface area contributed by atoms with Gasteiger partial charge in [0.25, 0.3) is 11.8 Å². The Hall–Kier alpha value is -5.98. The van der Waals surface area contributed by atoms with Crippen LogP contribution in [-0.4, -0.2) is 61.4 Å². The van der Waals surface area contributed by atoms with E-state index in [9.17, 15) is 37.1 Å². The summed E-state index contributed by atoms with van der Waals surface area (Å²) in [5.74, 6) is -2.66. The largest absolute Gasteiger partial charge is 0.460 e. The van der Waals surface area contributed by atoms with Gasteiger partial charge in [-0.25, -0.2) is 9.59 Å². The summed E-state index contributed by atoms with van der Waals surface area (Å²) in [6.07, 6.45) is -4.02. The van der Waals surface area contributed by atoms with Crippen LogP contribution in [0.15, 0.2) is 91.0 Å². The topological polar surface area (TPSA) is 128 Å². The standard InChI is InChI=1S/C39H37F3N2O8/c1-24(2)51-35(46)23-50-38(49)27-15-19-29(20-16-27)52-34(45)11-7-8-25-12-21-33(32(22-25)37(48)44(3)4)43-36(47)31-10-6-5-9-30(31)26-13-17-28(18-14-26)39(40,41)42/h5-6,9-10,12-22,24H,7-8,11,23H2,1-4H3,(H,43,47). The van der Waals surface area contributed by atoms with Gasteiger partial charge >= 0.3 is 24.1 Å². The number of alkyl halides is 3. The zero-order valence-corrected chi connectivity index (χ0v) is 28.9. The molecule has 0 aliphatic rings. The van der Waals surface area contributed by atoms with Crippen molar-refractivity contribution in [3.8, 4) is 16.9 Å². The Bertz CT molecular complexity index is 1920. The number of rotatable bonds is 13. The number of esters is 3. The first-order chi connectivity index (χ1) is 24.6. The van der Waals surface area contributed by atoms with Gasteiger partial charge in [-0.1, -0.05) is 36.4 Å². The van der Waals surface area contributed by atoms with Crippen LogP contribution in [0, 0.1) is 0 Å². The molecule has 13 heteroatoms. The Morgan fingerprint density at radius 2 is 1.48 bits per heavy atom. The summed E-state index contributed by atoms with van der Waals surface area (Å²) in [6.45, 7) is 2.82. The van der Waals surface area contributed by atoms with Crippen LogP contribution in [0.4, 0.5) is 18.9 Å². The zero-order chi connectivity index (χ0) is 38.0. The molecule has 52 heavy (non-hydrogen) atoms. The molecule has 4 aromatic carbocycles. The molecule has 0 saturated carbocycles. The maximum absolute atomic E-state index is 13.5. The number of halogens is 3. The van der Waals surface area contributed by atoms with Crippen LogP contribution in [0.2, 0.25) is 0 Å². The van der Waals surface area contributed by atoms with Gasteiger partial charge in [0.15, 0.2) is 6.61 Å². The number of benzene rings is 4. The number of carbonyl (C=O) groups excluding carboxylic acids is 5. The smallest absolute Gasteiger partial charge is 0.416 e. The minimum Gasteiger partial charge on any atom is -0.460 e. The highest BCUT2D eigenvalue weighted by Gasteiger charge is 2.30. The van der Waals surface area contributed by atoms with Crippen LogP contribution < -0.4 is 10.1 Å². The van der Waals surface area contributed by atoms with Gasteiger partial charge in [-0.2, -0.15) is 13.2 Å². The van der Waals surface area contributed by atoms with Crippen molar-refractivity contribution >= 4 is 35.4 Å².